The van der Waals surface area contributed by atoms with E-state index in [1.807, 2.05) is 31.3 Å². The third-order valence-corrected chi connectivity index (χ3v) is 2.93. The van der Waals surface area contributed by atoms with Crippen molar-refractivity contribution < 1.29 is 13.2 Å². The molecule has 2 rings (SSSR count). The second-order valence-electron chi connectivity index (χ2n) is 4.32. The highest BCUT2D eigenvalue weighted by Crippen LogP contribution is 2.29. The monoisotopic (exact) mass is 265 g/mol. The predicted molar refractivity (Wildman–Crippen MR) is 70.2 cm³/mol. The van der Waals surface area contributed by atoms with Crippen molar-refractivity contribution in [3.63, 3.8) is 0 Å². The summed E-state index contributed by atoms with van der Waals surface area (Å²) in [4.78, 5) is 0. The molecule has 0 amide bonds. The van der Waals surface area contributed by atoms with Gasteiger partial charge in [0.25, 0.3) is 0 Å². The molecule has 0 aliphatic rings. The SMILES string of the molecule is CNc1ccc(Cc2ccc(C(F)(F)F)cc2)cc1. The fourth-order valence-electron chi connectivity index (χ4n) is 1.84. The lowest BCUT2D eigenvalue weighted by molar-refractivity contribution is -0.137. The van der Waals surface area contributed by atoms with Gasteiger partial charge in [-0.15, -0.1) is 0 Å². The van der Waals surface area contributed by atoms with Crippen LogP contribution in [0.4, 0.5) is 18.9 Å². The van der Waals surface area contributed by atoms with E-state index in [0.29, 0.717) is 6.42 Å². The first-order valence-electron chi connectivity index (χ1n) is 5.92. The van der Waals surface area contributed by atoms with Crippen LogP contribution in [-0.4, -0.2) is 7.05 Å². The fraction of sp³-hybridized carbons (Fsp3) is 0.200. The largest absolute Gasteiger partial charge is 0.416 e. The molecule has 0 atom stereocenters. The van der Waals surface area contributed by atoms with Crippen molar-refractivity contribution in [3.05, 3.63) is 65.2 Å². The molecule has 0 radical (unpaired) electrons. The summed E-state index contributed by atoms with van der Waals surface area (Å²) in [5.74, 6) is 0. The summed E-state index contributed by atoms with van der Waals surface area (Å²) in [5.41, 5.74) is 2.34. The van der Waals surface area contributed by atoms with Gasteiger partial charge in [-0.2, -0.15) is 13.2 Å². The summed E-state index contributed by atoms with van der Waals surface area (Å²) in [5, 5.41) is 3.02. The van der Waals surface area contributed by atoms with Gasteiger partial charge in [-0.25, -0.2) is 0 Å². The van der Waals surface area contributed by atoms with E-state index >= 15 is 0 Å². The zero-order valence-electron chi connectivity index (χ0n) is 10.5. The average Bonchev–Trinajstić information content (AvgIpc) is 2.39. The van der Waals surface area contributed by atoms with Crippen LogP contribution in [0.15, 0.2) is 48.5 Å². The lowest BCUT2D eigenvalue weighted by Gasteiger charge is -2.08. The lowest BCUT2D eigenvalue weighted by Crippen LogP contribution is -2.04. The Morgan fingerprint density at radius 1 is 0.842 bits per heavy atom. The van der Waals surface area contributed by atoms with Crippen LogP contribution in [0.1, 0.15) is 16.7 Å². The van der Waals surface area contributed by atoms with Gasteiger partial charge in [-0.1, -0.05) is 24.3 Å². The molecule has 4 heteroatoms. The molecule has 2 aromatic carbocycles. The van der Waals surface area contributed by atoms with Gasteiger partial charge in [0.15, 0.2) is 0 Å². The first-order valence-corrected chi connectivity index (χ1v) is 5.92. The van der Waals surface area contributed by atoms with E-state index in [0.717, 1.165) is 28.9 Å². The number of nitrogens with one attached hydrogen (secondary N) is 1. The van der Waals surface area contributed by atoms with E-state index in [1.54, 1.807) is 0 Å². The number of benzene rings is 2. The maximum absolute atomic E-state index is 12.4. The number of hydrogen-bond acceptors (Lipinski definition) is 1. The van der Waals surface area contributed by atoms with E-state index in [9.17, 15) is 13.2 Å². The van der Waals surface area contributed by atoms with Crippen LogP contribution in [-0.2, 0) is 12.6 Å². The molecule has 0 heterocycles. The Kier molecular flexibility index (Phi) is 3.79. The summed E-state index contributed by atoms with van der Waals surface area (Å²) in [7, 11) is 1.84. The zero-order valence-corrected chi connectivity index (χ0v) is 10.5. The first kappa shape index (κ1) is 13.5. The standard InChI is InChI=1S/C15H14F3N/c1-19-14-8-4-12(5-9-14)10-11-2-6-13(7-3-11)15(16,17)18/h2-9,19H,10H2,1H3. The van der Waals surface area contributed by atoms with Crippen LogP contribution in [0.3, 0.4) is 0 Å². The fourth-order valence-corrected chi connectivity index (χ4v) is 1.84. The molecule has 0 fully saturated rings. The van der Waals surface area contributed by atoms with Crippen molar-refractivity contribution in [2.45, 2.75) is 12.6 Å². The van der Waals surface area contributed by atoms with E-state index in [2.05, 4.69) is 5.32 Å². The van der Waals surface area contributed by atoms with E-state index in [4.69, 9.17) is 0 Å². The van der Waals surface area contributed by atoms with Crippen molar-refractivity contribution in [2.24, 2.45) is 0 Å². The smallest absolute Gasteiger partial charge is 0.388 e. The molecular formula is C15H14F3N. The number of hydrogen-bond donors (Lipinski definition) is 1. The van der Waals surface area contributed by atoms with Gasteiger partial charge in [-0.05, 0) is 41.8 Å². The van der Waals surface area contributed by atoms with E-state index < -0.39 is 11.7 Å². The van der Waals surface area contributed by atoms with Gasteiger partial charge in [-0.3, -0.25) is 0 Å². The highest BCUT2D eigenvalue weighted by atomic mass is 19.4. The summed E-state index contributed by atoms with van der Waals surface area (Å²) in [6.45, 7) is 0. The summed E-state index contributed by atoms with van der Waals surface area (Å²) < 4.78 is 37.3. The van der Waals surface area contributed by atoms with E-state index in [1.165, 1.54) is 12.1 Å². The van der Waals surface area contributed by atoms with Crippen LogP contribution in [0.25, 0.3) is 0 Å². The first-order chi connectivity index (χ1) is 8.99. The van der Waals surface area contributed by atoms with Crippen molar-refractivity contribution >= 4 is 5.69 Å². The van der Waals surface area contributed by atoms with Gasteiger partial charge in [0, 0.05) is 12.7 Å². The van der Waals surface area contributed by atoms with Crippen LogP contribution < -0.4 is 5.32 Å². The Morgan fingerprint density at radius 3 is 1.74 bits per heavy atom. The molecule has 100 valence electrons. The molecule has 0 aliphatic carbocycles. The Morgan fingerprint density at radius 2 is 1.32 bits per heavy atom. The molecule has 1 nitrogen and oxygen atoms in total. The van der Waals surface area contributed by atoms with Crippen LogP contribution >= 0.6 is 0 Å². The molecule has 19 heavy (non-hydrogen) atoms. The second kappa shape index (κ2) is 5.34. The molecule has 0 spiro atoms. The van der Waals surface area contributed by atoms with Gasteiger partial charge in [0.1, 0.15) is 0 Å². The minimum absolute atomic E-state index is 0.609. The molecule has 0 saturated heterocycles. The molecule has 0 aromatic heterocycles. The number of alkyl halides is 3. The topological polar surface area (TPSA) is 12.0 Å². The summed E-state index contributed by atoms with van der Waals surface area (Å²) >= 11 is 0. The average molecular weight is 265 g/mol. The van der Waals surface area contributed by atoms with E-state index in [-0.39, 0.29) is 0 Å². The van der Waals surface area contributed by atoms with Crippen LogP contribution in [0.2, 0.25) is 0 Å². The maximum atomic E-state index is 12.4. The second-order valence-corrected chi connectivity index (χ2v) is 4.32. The summed E-state index contributed by atoms with van der Waals surface area (Å²) in [6.07, 6.45) is -3.64. The van der Waals surface area contributed by atoms with Crippen molar-refractivity contribution in [2.75, 3.05) is 12.4 Å². The molecule has 0 unspecified atom stereocenters. The quantitative estimate of drug-likeness (QED) is 0.870. The van der Waals surface area contributed by atoms with Crippen LogP contribution in [0.5, 0.6) is 0 Å². The number of rotatable bonds is 3. The van der Waals surface area contributed by atoms with Gasteiger partial charge in [0.2, 0.25) is 0 Å². The minimum atomic E-state index is -4.27. The Balaban J connectivity index is 2.10. The third-order valence-electron chi connectivity index (χ3n) is 2.93. The predicted octanol–water partition coefficient (Wildman–Crippen LogP) is 4.34. The highest BCUT2D eigenvalue weighted by Gasteiger charge is 2.29. The zero-order chi connectivity index (χ0) is 13.9. The Hall–Kier alpha value is -1.97. The number of anilines is 1. The Labute approximate surface area is 110 Å². The normalized spacial score (nSPS) is 11.4. The third kappa shape index (κ3) is 3.50. The minimum Gasteiger partial charge on any atom is -0.388 e. The van der Waals surface area contributed by atoms with Gasteiger partial charge < -0.3 is 5.32 Å². The van der Waals surface area contributed by atoms with Crippen molar-refractivity contribution in [3.8, 4) is 0 Å². The van der Waals surface area contributed by atoms with Gasteiger partial charge >= 0.3 is 6.18 Å². The number of halogens is 3. The lowest BCUT2D eigenvalue weighted by atomic mass is 10.0. The van der Waals surface area contributed by atoms with Crippen molar-refractivity contribution in [1.29, 1.82) is 0 Å². The highest BCUT2D eigenvalue weighted by molar-refractivity contribution is 5.44. The Bertz CT molecular complexity index is 527. The maximum Gasteiger partial charge on any atom is 0.416 e. The van der Waals surface area contributed by atoms with Crippen molar-refractivity contribution in [1.82, 2.24) is 0 Å². The molecule has 0 aliphatic heterocycles. The molecule has 1 N–H and O–H groups in total. The van der Waals surface area contributed by atoms with Crippen LogP contribution in [0, 0.1) is 0 Å². The molecule has 0 saturated carbocycles. The molecule has 0 bridgehead atoms. The van der Waals surface area contributed by atoms with Gasteiger partial charge in [0.05, 0.1) is 5.56 Å². The molecular weight excluding hydrogens is 251 g/mol. The summed E-state index contributed by atoms with van der Waals surface area (Å²) in [6, 6.07) is 13.1. The molecule has 2 aromatic rings.